The first-order valence-corrected chi connectivity index (χ1v) is 10.6. The average molecular weight is 374 g/mol. The molecule has 4 rings (SSSR count). The molecule has 1 aliphatic heterocycles. The van der Waals surface area contributed by atoms with Gasteiger partial charge in [0.05, 0.1) is 11.4 Å². The molecule has 1 aliphatic rings. The van der Waals surface area contributed by atoms with Crippen LogP contribution in [0.2, 0.25) is 0 Å². The molecule has 1 fully saturated rings. The number of aromatic amines is 1. The summed E-state index contributed by atoms with van der Waals surface area (Å²) in [6, 6.07) is 4.20. The molecule has 4 nitrogen and oxygen atoms in total. The van der Waals surface area contributed by atoms with Gasteiger partial charge in [-0.3, -0.25) is 9.69 Å². The third-order valence-corrected chi connectivity index (χ3v) is 6.86. The molecular weight excluding hydrogens is 350 g/mol. The Kier molecular flexibility index (Phi) is 4.52. The third-order valence-electron chi connectivity index (χ3n) is 5.09. The molecule has 6 heteroatoms. The smallest absolute Gasteiger partial charge is 0.260 e. The maximum Gasteiger partial charge on any atom is 0.260 e. The van der Waals surface area contributed by atoms with Crippen LogP contribution in [0.4, 0.5) is 0 Å². The van der Waals surface area contributed by atoms with Gasteiger partial charge >= 0.3 is 0 Å². The van der Waals surface area contributed by atoms with Crippen LogP contribution in [-0.2, 0) is 0 Å². The number of thiophene rings is 2. The Morgan fingerprint density at radius 1 is 1.28 bits per heavy atom. The van der Waals surface area contributed by atoms with Crippen molar-refractivity contribution in [3.8, 4) is 10.4 Å². The first-order valence-electron chi connectivity index (χ1n) is 8.82. The molecule has 1 N–H and O–H groups in total. The lowest BCUT2D eigenvalue weighted by molar-refractivity contribution is 0.0992. The Bertz CT molecular complexity index is 918. The summed E-state index contributed by atoms with van der Waals surface area (Å²) in [5, 5.41) is 4.82. The summed E-state index contributed by atoms with van der Waals surface area (Å²) in [5.41, 5.74) is 0.984. The number of fused-ring (bicyclic) bond motifs is 1. The molecule has 0 amide bonds. The van der Waals surface area contributed by atoms with E-state index in [2.05, 4.69) is 42.1 Å². The summed E-state index contributed by atoms with van der Waals surface area (Å²) in [6.07, 6.45) is 1.28. The van der Waals surface area contributed by atoms with Crippen molar-refractivity contribution in [3.63, 3.8) is 0 Å². The fourth-order valence-electron chi connectivity index (χ4n) is 3.98. The van der Waals surface area contributed by atoms with Crippen LogP contribution in [0.1, 0.15) is 39.1 Å². The van der Waals surface area contributed by atoms with Crippen LogP contribution >= 0.6 is 22.7 Å². The van der Waals surface area contributed by atoms with E-state index in [4.69, 9.17) is 4.98 Å². The van der Waals surface area contributed by atoms with Crippen LogP contribution in [0.25, 0.3) is 20.7 Å². The highest BCUT2D eigenvalue weighted by Crippen LogP contribution is 2.34. The molecule has 132 valence electrons. The Morgan fingerprint density at radius 3 is 2.72 bits per heavy atom. The molecule has 0 spiro atoms. The molecule has 0 unspecified atom stereocenters. The zero-order valence-electron chi connectivity index (χ0n) is 14.8. The normalized spacial score (nSPS) is 23.2. The Hall–Kier alpha value is -1.50. The molecular formula is C19H23N3OS2. The topological polar surface area (TPSA) is 49.0 Å². The number of hydrogen-bond donors (Lipinski definition) is 1. The van der Waals surface area contributed by atoms with Crippen LogP contribution in [-0.4, -0.2) is 28.0 Å². The van der Waals surface area contributed by atoms with Gasteiger partial charge in [-0.2, -0.15) is 0 Å². The molecule has 0 saturated carbocycles. The first kappa shape index (κ1) is 16.9. The van der Waals surface area contributed by atoms with E-state index in [0.717, 1.165) is 39.6 Å². The number of H-pyrrole nitrogens is 1. The number of rotatable bonds is 3. The van der Waals surface area contributed by atoms with Gasteiger partial charge in [0.1, 0.15) is 10.7 Å². The largest absolute Gasteiger partial charge is 0.309 e. The summed E-state index contributed by atoms with van der Waals surface area (Å²) in [5.74, 6) is 2.17. The van der Waals surface area contributed by atoms with Crippen molar-refractivity contribution in [2.24, 2.45) is 11.8 Å². The van der Waals surface area contributed by atoms with Gasteiger partial charge in [0.15, 0.2) is 0 Å². The summed E-state index contributed by atoms with van der Waals surface area (Å²) < 4.78 is 0. The minimum Gasteiger partial charge on any atom is -0.309 e. The van der Waals surface area contributed by atoms with Gasteiger partial charge < -0.3 is 4.98 Å². The van der Waals surface area contributed by atoms with Gasteiger partial charge in [0.2, 0.25) is 0 Å². The second kappa shape index (κ2) is 6.67. The van der Waals surface area contributed by atoms with Crippen LogP contribution in [0, 0.1) is 11.8 Å². The van der Waals surface area contributed by atoms with Gasteiger partial charge in [-0.1, -0.05) is 19.9 Å². The fourth-order valence-corrected chi connectivity index (χ4v) is 5.75. The van der Waals surface area contributed by atoms with E-state index in [-0.39, 0.29) is 11.6 Å². The number of nitrogens with zero attached hydrogens (tertiary/aromatic N) is 2. The van der Waals surface area contributed by atoms with E-state index in [9.17, 15) is 4.79 Å². The highest BCUT2D eigenvalue weighted by molar-refractivity contribution is 7.18. The summed E-state index contributed by atoms with van der Waals surface area (Å²) >= 11 is 3.22. The molecule has 0 radical (unpaired) electrons. The van der Waals surface area contributed by atoms with E-state index in [1.807, 2.05) is 11.4 Å². The summed E-state index contributed by atoms with van der Waals surface area (Å²) in [6.45, 7) is 8.90. The van der Waals surface area contributed by atoms with Crippen LogP contribution in [0.15, 0.2) is 27.7 Å². The number of likely N-dealkylation sites (tertiary alicyclic amines) is 1. The lowest BCUT2D eigenvalue weighted by atomic mass is 9.91. The van der Waals surface area contributed by atoms with Crippen molar-refractivity contribution in [2.75, 3.05) is 13.1 Å². The molecule has 3 aromatic rings. The average Bonchev–Trinajstić information content (AvgIpc) is 3.22. The Labute approximate surface area is 155 Å². The number of nitrogens with one attached hydrogen (secondary N) is 1. The van der Waals surface area contributed by atoms with Gasteiger partial charge in [0.25, 0.3) is 5.56 Å². The van der Waals surface area contributed by atoms with Crippen LogP contribution in [0.3, 0.4) is 0 Å². The summed E-state index contributed by atoms with van der Waals surface area (Å²) in [4.78, 5) is 25.1. The molecule has 1 saturated heterocycles. The molecule has 0 bridgehead atoms. The maximum absolute atomic E-state index is 12.8. The SMILES string of the molecule is C[C@H]1C[C@H](C)CN([C@@H](C)c2nc3scc(-c4cccs4)c3c(=O)[nH]2)C1. The lowest BCUT2D eigenvalue weighted by Crippen LogP contribution is -2.41. The maximum atomic E-state index is 12.8. The Morgan fingerprint density at radius 2 is 2.04 bits per heavy atom. The zero-order chi connectivity index (χ0) is 17.6. The minimum absolute atomic E-state index is 0.0189. The zero-order valence-corrected chi connectivity index (χ0v) is 16.4. The van der Waals surface area contributed by atoms with Crippen molar-refractivity contribution < 1.29 is 0 Å². The van der Waals surface area contributed by atoms with E-state index in [1.54, 1.807) is 22.7 Å². The van der Waals surface area contributed by atoms with Crippen molar-refractivity contribution in [1.29, 1.82) is 0 Å². The quantitative estimate of drug-likeness (QED) is 0.720. The van der Waals surface area contributed by atoms with Gasteiger partial charge in [-0.05, 0) is 36.6 Å². The highest BCUT2D eigenvalue weighted by Gasteiger charge is 2.27. The number of aromatic nitrogens is 2. The molecule has 3 aromatic heterocycles. The van der Waals surface area contributed by atoms with E-state index in [0.29, 0.717) is 11.8 Å². The second-order valence-electron chi connectivity index (χ2n) is 7.33. The first-order chi connectivity index (χ1) is 12.0. The predicted octanol–water partition coefficient (Wildman–Crippen LogP) is 4.75. The lowest BCUT2D eigenvalue weighted by Gasteiger charge is -2.38. The van der Waals surface area contributed by atoms with Crippen LogP contribution < -0.4 is 5.56 Å². The van der Waals surface area contributed by atoms with E-state index >= 15 is 0 Å². The standard InChI is InChI=1S/C19H23N3OS2/c1-11-7-12(2)9-22(8-11)13(3)17-20-18(23)16-14(10-25-19(16)21-17)15-5-4-6-24-15/h4-6,10-13H,7-9H2,1-3H3,(H,20,21,23)/t11-,12-,13-/m0/s1. The summed E-state index contributed by atoms with van der Waals surface area (Å²) in [7, 11) is 0. The van der Waals surface area contributed by atoms with Crippen molar-refractivity contribution in [2.45, 2.75) is 33.2 Å². The second-order valence-corrected chi connectivity index (χ2v) is 9.14. The Balaban J connectivity index is 1.71. The third kappa shape index (κ3) is 3.18. The molecule has 3 atom stereocenters. The van der Waals surface area contributed by atoms with E-state index in [1.165, 1.54) is 6.42 Å². The molecule has 4 heterocycles. The minimum atomic E-state index is -0.0189. The van der Waals surface area contributed by atoms with Crippen molar-refractivity contribution in [3.05, 3.63) is 39.1 Å². The monoisotopic (exact) mass is 373 g/mol. The molecule has 25 heavy (non-hydrogen) atoms. The number of piperidine rings is 1. The van der Waals surface area contributed by atoms with Crippen molar-refractivity contribution >= 4 is 32.9 Å². The van der Waals surface area contributed by atoms with Gasteiger partial charge in [0, 0.05) is 28.9 Å². The van der Waals surface area contributed by atoms with Crippen molar-refractivity contribution in [1.82, 2.24) is 14.9 Å². The fraction of sp³-hybridized carbons (Fsp3) is 0.474. The van der Waals surface area contributed by atoms with Gasteiger partial charge in [-0.25, -0.2) is 4.98 Å². The molecule has 0 aromatic carbocycles. The predicted molar refractivity (Wildman–Crippen MR) is 106 cm³/mol. The van der Waals surface area contributed by atoms with E-state index < -0.39 is 0 Å². The highest BCUT2D eigenvalue weighted by atomic mass is 32.1. The number of hydrogen-bond acceptors (Lipinski definition) is 5. The molecule has 0 aliphatic carbocycles. The van der Waals surface area contributed by atoms with Gasteiger partial charge in [-0.15, -0.1) is 22.7 Å². The van der Waals surface area contributed by atoms with Crippen LogP contribution in [0.5, 0.6) is 0 Å².